The number of thiophene rings is 1. The third kappa shape index (κ3) is 4.31. The van der Waals surface area contributed by atoms with E-state index in [2.05, 4.69) is 39.4 Å². The van der Waals surface area contributed by atoms with Crippen LogP contribution in [0.1, 0.15) is 19.4 Å². The summed E-state index contributed by atoms with van der Waals surface area (Å²) in [7, 11) is -3.36. The molecule has 1 N–H and O–H groups in total. The van der Waals surface area contributed by atoms with Crippen molar-refractivity contribution in [3.63, 3.8) is 0 Å². The molecule has 0 atom stereocenters. The lowest BCUT2D eigenvalue weighted by Crippen LogP contribution is -2.34. The summed E-state index contributed by atoms with van der Waals surface area (Å²) in [5.41, 5.74) is 0.948. The Morgan fingerprint density at radius 3 is 2.44 bits per heavy atom. The molecule has 0 spiro atoms. The summed E-state index contributed by atoms with van der Waals surface area (Å²) in [5.74, 6) is 0. The molecule has 1 aromatic rings. The topological polar surface area (TPSA) is 49.4 Å². The van der Waals surface area contributed by atoms with E-state index in [-0.39, 0.29) is 0 Å². The summed E-state index contributed by atoms with van der Waals surface area (Å²) in [6.45, 7) is 9.06. The van der Waals surface area contributed by atoms with Crippen molar-refractivity contribution in [1.82, 2.24) is 9.62 Å². The van der Waals surface area contributed by atoms with Crippen LogP contribution in [0.4, 0.5) is 0 Å². The highest BCUT2D eigenvalue weighted by Gasteiger charge is 2.17. The van der Waals surface area contributed by atoms with E-state index in [9.17, 15) is 8.42 Å². The molecule has 104 valence electrons. The van der Waals surface area contributed by atoms with Gasteiger partial charge in [0.2, 0.25) is 10.0 Å². The van der Waals surface area contributed by atoms with Gasteiger partial charge < -0.3 is 4.90 Å². The van der Waals surface area contributed by atoms with Gasteiger partial charge in [-0.15, -0.1) is 11.3 Å². The molecule has 7 heteroatoms. The van der Waals surface area contributed by atoms with Crippen LogP contribution in [0.5, 0.6) is 0 Å². The molecule has 0 bridgehead atoms. The van der Waals surface area contributed by atoms with Crippen molar-refractivity contribution < 1.29 is 8.42 Å². The molecule has 1 rings (SSSR count). The minimum atomic E-state index is -3.36. The lowest BCUT2D eigenvalue weighted by Gasteiger charge is -2.17. The number of likely N-dealkylation sites (N-methyl/N-ethyl adjacent to an activating group) is 1. The highest BCUT2D eigenvalue weighted by molar-refractivity contribution is 9.11. The molecule has 1 aromatic heterocycles. The Labute approximate surface area is 122 Å². The molecule has 0 saturated carbocycles. The van der Waals surface area contributed by atoms with Gasteiger partial charge in [-0.05, 0) is 47.6 Å². The van der Waals surface area contributed by atoms with Crippen molar-refractivity contribution in [3.05, 3.63) is 15.4 Å². The quantitative estimate of drug-likeness (QED) is 0.817. The Morgan fingerprint density at radius 1 is 1.39 bits per heavy atom. The van der Waals surface area contributed by atoms with Gasteiger partial charge in [0.25, 0.3) is 0 Å². The zero-order valence-corrected chi connectivity index (χ0v) is 14.1. The molecule has 1 heterocycles. The maximum absolute atomic E-state index is 12.0. The Kier molecular flexibility index (Phi) is 6.26. The molecule has 0 aliphatic carbocycles. The number of nitrogens with one attached hydrogen (secondary N) is 1. The predicted octanol–water partition coefficient (Wildman–Crippen LogP) is 2.44. The van der Waals surface area contributed by atoms with Gasteiger partial charge in [0.05, 0.1) is 3.79 Å². The normalized spacial score (nSPS) is 12.3. The monoisotopic (exact) mass is 354 g/mol. The first-order valence-corrected chi connectivity index (χ1v) is 8.98. The summed E-state index contributed by atoms with van der Waals surface area (Å²) in [5, 5.41) is 0. The number of aryl methyl sites for hydroxylation is 1. The second-order valence-electron chi connectivity index (χ2n) is 3.95. The summed E-state index contributed by atoms with van der Waals surface area (Å²) in [6.07, 6.45) is 0. The first-order chi connectivity index (χ1) is 8.40. The maximum atomic E-state index is 12.0. The van der Waals surface area contributed by atoms with Crippen LogP contribution >= 0.6 is 27.3 Å². The highest BCUT2D eigenvalue weighted by Crippen LogP contribution is 2.30. The van der Waals surface area contributed by atoms with Gasteiger partial charge in [0.1, 0.15) is 4.21 Å². The van der Waals surface area contributed by atoms with E-state index in [0.29, 0.717) is 10.8 Å². The van der Waals surface area contributed by atoms with E-state index >= 15 is 0 Å². The van der Waals surface area contributed by atoms with Crippen LogP contribution in [0.25, 0.3) is 0 Å². The average Bonchev–Trinajstić information content (AvgIpc) is 2.66. The molecule has 0 amide bonds. The van der Waals surface area contributed by atoms with Crippen LogP contribution in [-0.2, 0) is 10.0 Å². The number of sulfonamides is 1. The van der Waals surface area contributed by atoms with E-state index in [1.807, 2.05) is 6.92 Å². The number of nitrogens with zero attached hydrogens (tertiary/aromatic N) is 1. The Bertz CT molecular complexity index is 462. The molecule has 0 aliphatic rings. The molecule has 0 radical (unpaired) electrons. The Balaban J connectivity index is 2.60. The largest absolute Gasteiger partial charge is 0.303 e. The van der Waals surface area contributed by atoms with Crippen LogP contribution < -0.4 is 4.72 Å². The minimum Gasteiger partial charge on any atom is -0.303 e. The van der Waals surface area contributed by atoms with Gasteiger partial charge >= 0.3 is 0 Å². The summed E-state index contributed by atoms with van der Waals surface area (Å²) in [4.78, 5) is 2.18. The van der Waals surface area contributed by atoms with Gasteiger partial charge in [0.15, 0.2) is 0 Å². The number of halogens is 1. The minimum absolute atomic E-state index is 0.367. The van der Waals surface area contributed by atoms with Gasteiger partial charge in [0, 0.05) is 13.1 Å². The summed E-state index contributed by atoms with van der Waals surface area (Å²) >= 11 is 4.58. The van der Waals surface area contributed by atoms with Crippen molar-refractivity contribution in [3.8, 4) is 0 Å². The maximum Gasteiger partial charge on any atom is 0.250 e. The van der Waals surface area contributed by atoms with E-state index in [0.717, 1.165) is 29.0 Å². The summed E-state index contributed by atoms with van der Waals surface area (Å²) < 4.78 is 27.9. The molecule has 0 unspecified atom stereocenters. The average molecular weight is 355 g/mol. The van der Waals surface area contributed by atoms with E-state index < -0.39 is 10.0 Å². The van der Waals surface area contributed by atoms with Crippen molar-refractivity contribution >= 4 is 37.3 Å². The molecular formula is C11H19BrN2O2S2. The van der Waals surface area contributed by atoms with Crippen molar-refractivity contribution in [2.24, 2.45) is 0 Å². The van der Waals surface area contributed by atoms with E-state index in [1.54, 1.807) is 6.07 Å². The third-order valence-electron chi connectivity index (χ3n) is 2.71. The lowest BCUT2D eigenvalue weighted by molar-refractivity contribution is 0.309. The van der Waals surface area contributed by atoms with E-state index in [1.165, 1.54) is 11.3 Å². The van der Waals surface area contributed by atoms with Crippen LogP contribution in [0.15, 0.2) is 14.1 Å². The SMILES string of the molecule is CCN(CC)CCNS(=O)(=O)c1cc(C)c(Br)s1. The molecule has 0 fully saturated rings. The standard InChI is InChI=1S/C11H19BrN2O2S2/c1-4-14(5-2)7-6-13-18(15,16)10-8-9(3)11(12)17-10/h8,13H,4-7H2,1-3H3. The lowest BCUT2D eigenvalue weighted by atomic mass is 10.4. The van der Waals surface area contributed by atoms with Crippen LogP contribution in [-0.4, -0.2) is 39.5 Å². The fraction of sp³-hybridized carbons (Fsp3) is 0.636. The van der Waals surface area contributed by atoms with Crippen molar-refractivity contribution in [1.29, 1.82) is 0 Å². The second-order valence-corrected chi connectivity index (χ2v) is 8.31. The molecule has 4 nitrogen and oxygen atoms in total. The number of hydrogen-bond acceptors (Lipinski definition) is 4. The summed E-state index contributed by atoms with van der Waals surface area (Å²) in [6, 6.07) is 1.69. The molecule has 18 heavy (non-hydrogen) atoms. The van der Waals surface area contributed by atoms with Crippen LogP contribution in [0.3, 0.4) is 0 Å². The molecule has 0 saturated heterocycles. The Hall–Kier alpha value is 0.0500. The highest BCUT2D eigenvalue weighted by atomic mass is 79.9. The second kappa shape index (κ2) is 7.00. The van der Waals surface area contributed by atoms with Gasteiger partial charge in [-0.3, -0.25) is 0 Å². The first kappa shape index (κ1) is 16.1. The molecule has 0 aliphatic heterocycles. The first-order valence-electron chi connectivity index (χ1n) is 5.88. The molecule has 0 aromatic carbocycles. The van der Waals surface area contributed by atoms with E-state index in [4.69, 9.17) is 0 Å². The van der Waals surface area contributed by atoms with Crippen LogP contribution in [0, 0.1) is 6.92 Å². The van der Waals surface area contributed by atoms with Crippen molar-refractivity contribution in [2.45, 2.75) is 25.0 Å². The fourth-order valence-electron chi connectivity index (χ4n) is 1.51. The smallest absolute Gasteiger partial charge is 0.250 e. The van der Waals surface area contributed by atoms with Gasteiger partial charge in [-0.1, -0.05) is 13.8 Å². The van der Waals surface area contributed by atoms with Gasteiger partial charge in [-0.2, -0.15) is 0 Å². The fourth-order valence-corrected chi connectivity index (χ4v) is 4.80. The third-order valence-corrected chi connectivity index (χ3v) is 6.79. The van der Waals surface area contributed by atoms with Crippen LogP contribution in [0.2, 0.25) is 0 Å². The number of rotatable bonds is 7. The van der Waals surface area contributed by atoms with Gasteiger partial charge in [-0.25, -0.2) is 13.1 Å². The zero-order chi connectivity index (χ0) is 13.8. The Morgan fingerprint density at radius 2 is 2.00 bits per heavy atom. The van der Waals surface area contributed by atoms with Crippen molar-refractivity contribution in [2.75, 3.05) is 26.2 Å². The number of hydrogen-bond donors (Lipinski definition) is 1. The zero-order valence-electron chi connectivity index (χ0n) is 10.9. The molecular weight excluding hydrogens is 336 g/mol. The predicted molar refractivity (Wildman–Crippen MR) is 79.7 cm³/mol.